The van der Waals surface area contributed by atoms with E-state index in [4.69, 9.17) is 4.74 Å². The van der Waals surface area contributed by atoms with Crippen LogP contribution in [0.15, 0.2) is 36.4 Å². The number of aromatic nitrogens is 1. The highest BCUT2D eigenvalue weighted by Crippen LogP contribution is 2.19. The van der Waals surface area contributed by atoms with Crippen molar-refractivity contribution >= 4 is 0 Å². The molecule has 0 unspecified atom stereocenters. The van der Waals surface area contributed by atoms with Crippen LogP contribution in [0.25, 0.3) is 0 Å². The largest absolute Gasteiger partial charge is 0.473 e. The molecule has 0 aliphatic carbocycles. The highest BCUT2D eigenvalue weighted by molar-refractivity contribution is 5.32. The van der Waals surface area contributed by atoms with Gasteiger partial charge < -0.3 is 4.74 Å². The predicted octanol–water partition coefficient (Wildman–Crippen LogP) is 3.59. The maximum Gasteiger partial charge on any atom is 0.216 e. The van der Waals surface area contributed by atoms with Gasteiger partial charge in [0.05, 0.1) is 0 Å². The Morgan fingerprint density at radius 2 is 1.71 bits per heavy atom. The number of aryl methyl sites for hydroxylation is 3. The summed E-state index contributed by atoms with van der Waals surface area (Å²) in [6.45, 7) is 6.66. The zero-order chi connectivity index (χ0) is 12.3. The van der Waals surface area contributed by atoms with Gasteiger partial charge in [-0.3, -0.25) is 0 Å². The van der Waals surface area contributed by atoms with Gasteiger partial charge in [-0.1, -0.05) is 30.3 Å². The van der Waals surface area contributed by atoms with Crippen molar-refractivity contribution in [3.8, 4) is 5.88 Å². The molecule has 88 valence electrons. The van der Waals surface area contributed by atoms with Crippen LogP contribution in [-0.2, 0) is 6.61 Å². The van der Waals surface area contributed by atoms with Gasteiger partial charge in [0, 0.05) is 11.3 Å². The molecule has 2 nitrogen and oxygen atoms in total. The molecular formula is C15H17NO. The molecule has 0 aliphatic heterocycles. The smallest absolute Gasteiger partial charge is 0.216 e. The second kappa shape index (κ2) is 5.00. The van der Waals surface area contributed by atoms with Crippen LogP contribution in [-0.4, -0.2) is 4.98 Å². The van der Waals surface area contributed by atoms with Crippen molar-refractivity contribution in [1.82, 2.24) is 4.98 Å². The quantitative estimate of drug-likeness (QED) is 0.799. The van der Waals surface area contributed by atoms with E-state index in [1.54, 1.807) is 0 Å². The van der Waals surface area contributed by atoms with Gasteiger partial charge in [0.15, 0.2) is 0 Å². The van der Waals surface area contributed by atoms with Gasteiger partial charge in [-0.15, -0.1) is 0 Å². The summed E-state index contributed by atoms with van der Waals surface area (Å²) in [5, 5.41) is 0. The van der Waals surface area contributed by atoms with Crippen LogP contribution in [0.2, 0.25) is 0 Å². The number of hydrogen-bond donors (Lipinski definition) is 0. The highest BCUT2D eigenvalue weighted by Gasteiger charge is 2.04. The molecular weight excluding hydrogens is 210 g/mol. The minimum Gasteiger partial charge on any atom is -0.473 e. The van der Waals surface area contributed by atoms with Gasteiger partial charge in [0.25, 0.3) is 0 Å². The van der Waals surface area contributed by atoms with Gasteiger partial charge in [-0.05, 0) is 38.0 Å². The van der Waals surface area contributed by atoms with Crippen LogP contribution in [0.1, 0.15) is 22.4 Å². The van der Waals surface area contributed by atoms with Crippen LogP contribution in [0.4, 0.5) is 0 Å². The second-order valence-corrected chi connectivity index (χ2v) is 4.29. The summed E-state index contributed by atoms with van der Waals surface area (Å²) in [6.07, 6.45) is 0. The Morgan fingerprint density at radius 3 is 2.41 bits per heavy atom. The maximum absolute atomic E-state index is 5.75. The maximum atomic E-state index is 5.75. The third kappa shape index (κ3) is 2.84. The van der Waals surface area contributed by atoms with Gasteiger partial charge in [-0.2, -0.15) is 0 Å². The predicted molar refractivity (Wildman–Crippen MR) is 69.2 cm³/mol. The first kappa shape index (κ1) is 11.6. The van der Waals surface area contributed by atoms with Crippen molar-refractivity contribution in [2.45, 2.75) is 27.4 Å². The van der Waals surface area contributed by atoms with Crippen molar-refractivity contribution in [3.05, 3.63) is 58.8 Å². The number of nitrogens with zero attached hydrogens (tertiary/aromatic N) is 1. The van der Waals surface area contributed by atoms with Crippen LogP contribution >= 0.6 is 0 Å². The Labute approximate surface area is 102 Å². The number of ether oxygens (including phenoxy) is 1. The molecule has 2 aromatic rings. The fourth-order valence-corrected chi connectivity index (χ4v) is 1.69. The molecule has 2 rings (SSSR count). The molecule has 0 aliphatic rings. The standard InChI is InChI=1S/C15H17NO/c1-11-9-12(2)15(16-13(11)3)17-10-14-7-5-4-6-8-14/h4-9H,10H2,1-3H3. The molecule has 1 aromatic carbocycles. The monoisotopic (exact) mass is 227 g/mol. The normalized spacial score (nSPS) is 10.3. The summed E-state index contributed by atoms with van der Waals surface area (Å²) in [7, 11) is 0. The molecule has 0 radical (unpaired) electrons. The second-order valence-electron chi connectivity index (χ2n) is 4.29. The number of pyridine rings is 1. The van der Waals surface area contributed by atoms with Crippen molar-refractivity contribution in [3.63, 3.8) is 0 Å². The molecule has 1 heterocycles. The molecule has 0 spiro atoms. The molecule has 0 fully saturated rings. The van der Waals surface area contributed by atoms with Gasteiger partial charge in [0.1, 0.15) is 6.61 Å². The first-order valence-electron chi connectivity index (χ1n) is 5.78. The van der Waals surface area contributed by atoms with E-state index in [1.807, 2.05) is 32.0 Å². The molecule has 0 saturated carbocycles. The summed E-state index contributed by atoms with van der Waals surface area (Å²) in [6, 6.07) is 12.2. The Balaban J connectivity index is 2.12. The summed E-state index contributed by atoms with van der Waals surface area (Å²) in [5.74, 6) is 0.733. The van der Waals surface area contributed by atoms with E-state index in [9.17, 15) is 0 Å². The summed E-state index contributed by atoms with van der Waals surface area (Å²) >= 11 is 0. The number of hydrogen-bond acceptors (Lipinski definition) is 2. The summed E-state index contributed by atoms with van der Waals surface area (Å²) in [5.41, 5.74) is 4.48. The topological polar surface area (TPSA) is 22.1 Å². The summed E-state index contributed by atoms with van der Waals surface area (Å²) in [4.78, 5) is 4.47. The van der Waals surface area contributed by atoms with Crippen molar-refractivity contribution in [2.24, 2.45) is 0 Å². The van der Waals surface area contributed by atoms with Gasteiger partial charge in [0.2, 0.25) is 5.88 Å². The Kier molecular flexibility index (Phi) is 3.43. The Bertz CT molecular complexity index is 506. The average molecular weight is 227 g/mol. The lowest BCUT2D eigenvalue weighted by Gasteiger charge is -2.10. The molecule has 0 amide bonds. The molecule has 1 aromatic heterocycles. The molecule has 17 heavy (non-hydrogen) atoms. The van der Waals surface area contributed by atoms with E-state index >= 15 is 0 Å². The molecule has 2 heteroatoms. The fraction of sp³-hybridized carbons (Fsp3) is 0.267. The van der Waals surface area contributed by atoms with E-state index in [0.29, 0.717) is 6.61 Å². The first-order chi connectivity index (χ1) is 8.16. The zero-order valence-electron chi connectivity index (χ0n) is 10.5. The third-order valence-electron chi connectivity index (χ3n) is 2.83. The van der Waals surface area contributed by atoms with Crippen LogP contribution in [0.3, 0.4) is 0 Å². The third-order valence-corrected chi connectivity index (χ3v) is 2.83. The van der Waals surface area contributed by atoms with Crippen molar-refractivity contribution < 1.29 is 4.74 Å². The van der Waals surface area contributed by atoms with Crippen molar-refractivity contribution in [1.29, 1.82) is 0 Å². The van der Waals surface area contributed by atoms with Crippen molar-refractivity contribution in [2.75, 3.05) is 0 Å². The average Bonchev–Trinajstić information content (AvgIpc) is 2.33. The molecule has 0 bridgehead atoms. The fourth-order valence-electron chi connectivity index (χ4n) is 1.69. The minimum absolute atomic E-state index is 0.567. The lowest BCUT2D eigenvalue weighted by molar-refractivity contribution is 0.291. The molecule has 0 atom stereocenters. The van der Waals surface area contributed by atoms with Gasteiger partial charge >= 0.3 is 0 Å². The van der Waals surface area contributed by atoms with E-state index in [-0.39, 0.29) is 0 Å². The first-order valence-corrected chi connectivity index (χ1v) is 5.78. The molecule has 0 N–H and O–H groups in total. The lowest BCUT2D eigenvalue weighted by atomic mass is 10.2. The van der Waals surface area contributed by atoms with Crippen LogP contribution in [0.5, 0.6) is 5.88 Å². The van der Waals surface area contributed by atoms with E-state index in [1.165, 1.54) is 5.56 Å². The zero-order valence-corrected chi connectivity index (χ0v) is 10.5. The Morgan fingerprint density at radius 1 is 1.00 bits per heavy atom. The molecule has 0 saturated heterocycles. The minimum atomic E-state index is 0.567. The van der Waals surface area contributed by atoms with E-state index in [0.717, 1.165) is 22.7 Å². The number of benzene rings is 1. The summed E-state index contributed by atoms with van der Waals surface area (Å²) < 4.78 is 5.75. The van der Waals surface area contributed by atoms with E-state index in [2.05, 4.69) is 30.1 Å². The lowest BCUT2D eigenvalue weighted by Crippen LogP contribution is -2.01. The van der Waals surface area contributed by atoms with Crippen LogP contribution in [0, 0.1) is 20.8 Å². The number of rotatable bonds is 3. The van der Waals surface area contributed by atoms with Gasteiger partial charge in [-0.25, -0.2) is 4.98 Å². The van der Waals surface area contributed by atoms with E-state index < -0.39 is 0 Å². The van der Waals surface area contributed by atoms with Crippen LogP contribution < -0.4 is 4.74 Å². The highest BCUT2D eigenvalue weighted by atomic mass is 16.5. The SMILES string of the molecule is Cc1cc(C)c(OCc2ccccc2)nc1C. The Hall–Kier alpha value is -1.83.